The standard InChI is InChI=1S/C9H17NO/c1-6-4-5-7(2)10-8(3)9(6)11/h6,8-11H,2,4-5H2,1,3H3. The number of aliphatic hydroxyl groups excluding tert-OH is 1. The Morgan fingerprint density at radius 1 is 1.55 bits per heavy atom. The topological polar surface area (TPSA) is 32.3 Å². The van der Waals surface area contributed by atoms with Crippen LogP contribution < -0.4 is 5.32 Å². The van der Waals surface area contributed by atoms with Crippen LogP contribution in [-0.4, -0.2) is 17.3 Å². The van der Waals surface area contributed by atoms with Crippen LogP contribution in [0.15, 0.2) is 12.3 Å². The van der Waals surface area contributed by atoms with Gasteiger partial charge in [-0.25, -0.2) is 0 Å². The number of nitrogens with one attached hydrogen (secondary N) is 1. The van der Waals surface area contributed by atoms with E-state index < -0.39 is 0 Å². The van der Waals surface area contributed by atoms with Crippen LogP contribution in [0.25, 0.3) is 0 Å². The Morgan fingerprint density at radius 2 is 2.18 bits per heavy atom. The molecule has 11 heavy (non-hydrogen) atoms. The molecular weight excluding hydrogens is 138 g/mol. The summed E-state index contributed by atoms with van der Waals surface area (Å²) in [4.78, 5) is 0. The third-order valence-electron chi connectivity index (χ3n) is 2.43. The van der Waals surface area contributed by atoms with Gasteiger partial charge in [0.05, 0.1) is 6.10 Å². The van der Waals surface area contributed by atoms with Crippen molar-refractivity contribution in [3.63, 3.8) is 0 Å². The first kappa shape index (κ1) is 8.60. The molecule has 0 bridgehead atoms. The van der Waals surface area contributed by atoms with Crippen LogP contribution in [0.3, 0.4) is 0 Å². The van der Waals surface area contributed by atoms with E-state index in [0.717, 1.165) is 18.5 Å². The molecule has 2 N–H and O–H groups in total. The lowest BCUT2D eigenvalue weighted by molar-refractivity contribution is 0.0902. The third-order valence-corrected chi connectivity index (χ3v) is 2.43. The highest BCUT2D eigenvalue weighted by molar-refractivity contribution is 4.98. The van der Waals surface area contributed by atoms with E-state index in [1.807, 2.05) is 6.92 Å². The Labute approximate surface area is 68.3 Å². The van der Waals surface area contributed by atoms with Crippen molar-refractivity contribution in [2.75, 3.05) is 0 Å². The van der Waals surface area contributed by atoms with Crippen LogP contribution in [0.1, 0.15) is 26.7 Å². The lowest BCUT2D eigenvalue weighted by atomic mass is 9.96. The molecule has 0 aromatic carbocycles. The summed E-state index contributed by atoms with van der Waals surface area (Å²) in [6.45, 7) is 7.95. The molecule has 1 aliphatic rings. The maximum atomic E-state index is 9.64. The van der Waals surface area contributed by atoms with Crippen molar-refractivity contribution in [1.82, 2.24) is 5.32 Å². The lowest BCUT2D eigenvalue weighted by Crippen LogP contribution is -2.37. The summed E-state index contributed by atoms with van der Waals surface area (Å²) in [5.41, 5.74) is 1.06. The maximum absolute atomic E-state index is 9.64. The zero-order valence-corrected chi connectivity index (χ0v) is 7.30. The van der Waals surface area contributed by atoms with E-state index in [0.29, 0.717) is 5.92 Å². The van der Waals surface area contributed by atoms with Gasteiger partial charge in [-0.3, -0.25) is 0 Å². The van der Waals surface area contributed by atoms with Gasteiger partial charge < -0.3 is 10.4 Å². The van der Waals surface area contributed by atoms with Gasteiger partial charge in [-0.05, 0) is 25.7 Å². The summed E-state index contributed by atoms with van der Waals surface area (Å²) in [5.74, 6) is 0.386. The molecule has 0 aromatic rings. The molecule has 0 saturated carbocycles. The molecule has 0 radical (unpaired) electrons. The number of rotatable bonds is 0. The minimum absolute atomic E-state index is 0.153. The SMILES string of the molecule is C=C1CCC(C)C(O)C(C)N1. The molecular formula is C9H17NO. The summed E-state index contributed by atoms with van der Waals surface area (Å²) in [7, 11) is 0. The van der Waals surface area contributed by atoms with Gasteiger partial charge in [0.15, 0.2) is 0 Å². The fourth-order valence-corrected chi connectivity index (χ4v) is 1.54. The average Bonchev–Trinajstić information content (AvgIpc) is 2.05. The third kappa shape index (κ3) is 1.96. The van der Waals surface area contributed by atoms with Gasteiger partial charge in [0.25, 0.3) is 0 Å². The molecule has 64 valence electrons. The Kier molecular flexibility index (Phi) is 2.55. The molecule has 1 aliphatic heterocycles. The normalized spacial score (nSPS) is 39.5. The molecule has 0 aromatic heterocycles. The molecule has 3 atom stereocenters. The molecule has 2 nitrogen and oxygen atoms in total. The van der Waals surface area contributed by atoms with Crippen LogP contribution in [0, 0.1) is 5.92 Å². The Balaban J connectivity index is 2.61. The first-order valence-corrected chi connectivity index (χ1v) is 4.23. The predicted molar refractivity (Wildman–Crippen MR) is 46.1 cm³/mol. The van der Waals surface area contributed by atoms with E-state index >= 15 is 0 Å². The fourth-order valence-electron chi connectivity index (χ4n) is 1.54. The maximum Gasteiger partial charge on any atom is 0.0763 e. The van der Waals surface area contributed by atoms with Crippen molar-refractivity contribution < 1.29 is 5.11 Å². The van der Waals surface area contributed by atoms with Crippen molar-refractivity contribution in [2.24, 2.45) is 5.92 Å². The molecule has 3 unspecified atom stereocenters. The molecule has 1 saturated heterocycles. The summed E-state index contributed by atoms with van der Waals surface area (Å²) in [6, 6.07) is 0.153. The largest absolute Gasteiger partial charge is 0.391 e. The molecule has 1 fully saturated rings. The first-order chi connectivity index (χ1) is 5.11. The zero-order valence-electron chi connectivity index (χ0n) is 7.30. The molecule has 0 amide bonds. The number of allylic oxidation sites excluding steroid dienone is 1. The minimum atomic E-state index is -0.228. The van der Waals surface area contributed by atoms with Gasteiger partial charge in [-0.15, -0.1) is 0 Å². The van der Waals surface area contributed by atoms with Gasteiger partial charge in [-0.2, -0.15) is 0 Å². The second-order valence-corrected chi connectivity index (χ2v) is 3.54. The number of aliphatic hydroxyl groups is 1. The molecule has 0 aliphatic carbocycles. The van der Waals surface area contributed by atoms with Crippen molar-refractivity contribution >= 4 is 0 Å². The highest BCUT2D eigenvalue weighted by Crippen LogP contribution is 2.20. The van der Waals surface area contributed by atoms with Crippen molar-refractivity contribution in [3.05, 3.63) is 12.3 Å². The van der Waals surface area contributed by atoms with Gasteiger partial charge in [0, 0.05) is 11.7 Å². The van der Waals surface area contributed by atoms with Crippen molar-refractivity contribution in [3.8, 4) is 0 Å². The zero-order chi connectivity index (χ0) is 8.43. The quantitative estimate of drug-likeness (QED) is 0.552. The summed E-state index contributed by atoms with van der Waals surface area (Å²) >= 11 is 0. The van der Waals surface area contributed by atoms with E-state index in [1.54, 1.807) is 0 Å². The van der Waals surface area contributed by atoms with Crippen LogP contribution in [0.2, 0.25) is 0 Å². The van der Waals surface area contributed by atoms with E-state index in [9.17, 15) is 5.11 Å². The van der Waals surface area contributed by atoms with E-state index in [1.165, 1.54) is 0 Å². The van der Waals surface area contributed by atoms with Crippen molar-refractivity contribution in [1.29, 1.82) is 0 Å². The predicted octanol–water partition coefficient (Wildman–Crippen LogP) is 1.27. The van der Waals surface area contributed by atoms with Gasteiger partial charge in [0.2, 0.25) is 0 Å². The van der Waals surface area contributed by atoms with E-state index in [-0.39, 0.29) is 12.1 Å². The molecule has 1 heterocycles. The van der Waals surface area contributed by atoms with Crippen molar-refractivity contribution in [2.45, 2.75) is 38.8 Å². The molecule has 1 rings (SSSR count). The summed E-state index contributed by atoms with van der Waals surface area (Å²) < 4.78 is 0. The monoisotopic (exact) mass is 155 g/mol. The summed E-state index contributed by atoms with van der Waals surface area (Å²) in [6.07, 6.45) is 1.80. The van der Waals surface area contributed by atoms with E-state index in [2.05, 4.69) is 18.8 Å². The second-order valence-electron chi connectivity index (χ2n) is 3.54. The minimum Gasteiger partial charge on any atom is -0.391 e. The molecule has 2 heteroatoms. The lowest BCUT2D eigenvalue weighted by Gasteiger charge is -2.21. The number of hydrogen-bond donors (Lipinski definition) is 2. The highest BCUT2D eigenvalue weighted by Gasteiger charge is 2.24. The first-order valence-electron chi connectivity index (χ1n) is 4.23. The van der Waals surface area contributed by atoms with Crippen LogP contribution in [-0.2, 0) is 0 Å². The Hall–Kier alpha value is -0.500. The van der Waals surface area contributed by atoms with Gasteiger partial charge >= 0.3 is 0 Å². The highest BCUT2D eigenvalue weighted by atomic mass is 16.3. The van der Waals surface area contributed by atoms with Crippen LogP contribution >= 0.6 is 0 Å². The smallest absolute Gasteiger partial charge is 0.0763 e. The summed E-state index contributed by atoms with van der Waals surface area (Å²) in [5, 5.41) is 12.8. The molecule has 0 spiro atoms. The Bertz CT molecular complexity index is 156. The van der Waals surface area contributed by atoms with Crippen LogP contribution in [0.4, 0.5) is 0 Å². The van der Waals surface area contributed by atoms with Crippen LogP contribution in [0.5, 0.6) is 0 Å². The second kappa shape index (κ2) is 3.26. The van der Waals surface area contributed by atoms with E-state index in [4.69, 9.17) is 0 Å². The Morgan fingerprint density at radius 3 is 2.82 bits per heavy atom. The number of hydrogen-bond acceptors (Lipinski definition) is 2. The van der Waals surface area contributed by atoms with Gasteiger partial charge in [-0.1, -0.05) is 13.5 Å². The van der Waals surface area contributed by atoms with Gasteiger partial charge in [0.1, 0.15) is 0 Å². The average molecular weight is 155 g/mol. The fraction of sp³-hybridized carbons (Fsp3) is 0.778.